The van der Waals surface area contributed by atoms with Crippen LogP contribution >= 0.6 is 0 Å². The molecule has 3 rings (SSSR count). The molecule has 1 aromatic carbocycles. The van der Waals surface area contributed by atoms with Crippen LogP contribution in [-0.2, 0) is 10.2 Å². The first-order valence-corrected chi connectivity index (χ1v) is 8.23. The fraction of sp³-hybridized carbons (Fsp3) is 0.211. The molecule has 2 aromatic rings. The number of hydrogen-bond donors (Lipinski definition) is 3. The van der Waals surface area contributed by atoms with Crippen LogP contribution in [0.25, 0.3) is 0 Å². The SMILES string of the molecule is COc1cncc(F)c1N/C=C\C(=N)NC(=O)C1(c2ccccc2F)CC1. The first-order chi connectivity index (χ1) is 13.0. The minimum atomic E-state index is -0.931. The summed E-state index contributed by atoms with van der Waals surface area (Å²) < 4.78 is 32.8. The Morgan fingerprint density at radius 1 is 1.26 bits per heavy atom. The fourth-order valence-corrected chi connectivity index (χ4v) is 2.80. The van der Waals surface area contributed by atoms with Crippen LogP contribution in [0.4, 0.5) is 14.5 Å². The maximum absolute atomic E-state index is 14.0. The second-order valence-corrected chi connectivity index (χ2v) is 6.11. The Morgan fingerprint density at radius 2 is 2.00 bits per heavy atom. The Kier molecular flexibility index (Phi) is 5.16. The Balaban J connectivity index is 1.64. The number of rotatable bonds is 6. The highest BCUT2D eigenvalue weighted by molar-refractivity contribution is 6.07. The minimum absolute atomic E-state index is 0.0629. The number of carbonyl (C=O) groups excluding carboxylic acids is 1. The van der Waals surface area contributed by atoms with Crippen LogP contribution in [0.15, 0.2) is 48.9 Å². The van der Waals surface area contributed by atoms with Crippen molar-refractivity contribution >= 4 is 17.4 Å². The number of methoxy groups -OCH3 is 1. The van der Waals surface area contributed by atoms with Crippen LogP contribution in [-0.4, -0.2) is 23.8 Å². The third-order valence-electron chi connectivity index (χ3n) is 4.38. The molecule has 8 heteroatoms. The number of hydrogen-bond acceptors (Lipinski definition) is 5. The van der Waals surface area contributed by atoms with Crippen molar-refractivity contribution in [1.82, 2.24) is 10.3 Å². The first kappa shape index (κ1) is 18.5. The Labute approximate surface area is 154 Å². The van der Waals surface area contributed by atoms with E-state index in [2.05, 4.69) is 15.6 Å². The third-order valence-corrected chi connectivity index (χ3v) is 4.38. The van der Waals surface area contributed by atoms with Crippen LogP contribution in [0.5, 0.6) is 5.75 Å². The number of benzene rings is 1. The number of ether oxygens (including phenoxy) is 1. The lowest BCUT2D eigenvalue weighted by molar-refractivity contribution is -0.122. The lowest BCUT2D eigenvalue weighted by Crippen LogP contribution is -2.38. The van der Waals surface area contributed by atoms with Gasteiger partial charge in [0.1, 0.15) is 17.3 Å². The molecule has 3 N–H and O–H groups in total. The van der Waals surface area contributed by atoms with Crippen LogP contribution in [0.3, 0.4) is 0 Å². The molecule has 27 heavy (non-hydrogen) atoms. The van der Waals surface area contributed by atoms with Gasteiger partial charge in [-0.1, -0.05) is 18.2 Å². The number of amidine groups is 1. The molecule has 0 atom stereocenters. The van der Waals surface area contributed by atoms with Gasteiger partial charge in [-0.15, -0.1) is 0 Å². The van der Waals surface area contributed by atoms with Crippen LogP contribution < -0.4 is 15.4 Å². The summed E-state index contributed by atoms with van der Waals surface area (Å²) in [7, 11) is 1.38. The summed E-state index contributed by atoms with van der Waals surface area (Å²) in [5.74, 6) is -1.50. The van der Waals surface area contributed by atoms with E-state index in [0.29, 0.717) is 18.4 Å². The molecule has 0 bridgehead atoms. The number of halogens is 2. The van der Waals surface area contributed by atoms with Crippen molar-refractivity contribution in [2.75, 3.05) is 12.4 Å². The van der Waals surface area contributed by atoms with Crippen molar-refractivity contribution < 1.29 is 18.3 Å². The van der Waals surface area contributed by atoms with E-state index < -0.39 is 23.0 Å². The molecule has 0 saturated heterocycles. The summed E-state index contributed by atoms with van der Waals surface area (Å²) in [5.41, 5.74) is -0.534. The van der Waals surface area contributed by atoms with Gasteiger partial charge in [-0.25, -0.2) is 8.78 Å². The molecule has 1 aromatic heterocycles. The number of anilines is 1. The zero-order valence-electron chi connectivity index (χ0n) is 14.6. The highest BCUT2D eigenvalue weighted by Gasteiger charge is 2.52. The molecule has 1 heterocycles. The largest absolute Gasteiger partial charge is 0.493 e. The molecular formula is C19H18F2N4O2. The third kappa shape index (κ3) is 3.79. The van der Waals surface area contributed by atoms with E-state index in [9.17, 15) is 13.6 Å². The molecule has 1 aliphatic carbocycles. The van der Waals surface area contributed by atoms with Crippen molar-refractivity contribution in [1.29, 1.82) is 5.41 Å². The van der Waals surface area contributed by atoms with Crippen molar-refractivity contribution in [3.05, 3.63) is 66.1 Å². The van der Waals surface area contributed by atoms with Gasteiger partial charge in [0.15, 0.2) is 11.6 Å². The second kappa shape index (κ2) is 7.53. The molecule has 1 aliphatic rings. The number of carbonyl (C=O) groups is 1. The van der Waals surface area contributed by atoms with E-state index in [4.69, 9.17) is 10.1 Å². The summed E-state index contributed by atoms with van der Waals surface area (Å²) in [6.07, 6.45) is 5.97. The van der Waals surface area contributed by atoms with Crippen LogP contribution in [0.2, 0.25) is 0 Å². The molecule has 1 amide bonds. The summed E-state index contributed by atoms with van der Waals surface area (Å²) in [5, 5.41) is 13.0. The van der Waals surface area contributed by atoms with Gasteiger partial charge in [0, 0.05) is 11.8 Å². The van der Waals surface area contributed by atoms with Gasteiger partial charge in [-0.3, -0.25) is 15.2 Å². The molecule has 0 unspecified atom stereocenters. The molecule has 140 valence electrons. The highest BCUT2D eigenvalue weighted by atomic mass is 19.1. The Morgan fingerprint density at radius 3 is 2.67 bits per heavy atom. The minimum Gasteiger partial charge on any atom is -0.493 e. The fourth-order valence-electron chi connectivity index (χ4n) is 2.80. The van der Waals surface area contributed by atoms with Crippen molar-refractivity contribution in [2.24, 2.45) is 0 Å². The van der Waals surface area contributed by atoms with E-state index in [1.165, 1.54) is 31.6 Å². The van der Waals surface area contributed by atoms with Crippen LogP contribution in [0.1, 0.15) is 18.4 Å². The van der Waals surface area contributed by atoms with E-state index >= 15 is 0 Å². The van der Waals surface area contributed by atoms with Gasteiger partial charge >= 0.3 is 0 Å². The summed E-state index contributed by atoms with van der Waals surface area (Å²) in [6.45, 7) is 0. The molecule has 1 saturated carbocycles. The summed E-state index contributed by atoms with van der Waals surface area (Å²) >= 11 is 0. The maximum atomic E-state index is 14.0. The number of pyridine rings is 1. The predicted molar refractivity (Wildman–Crippen MR) is 96.7 cm³/mol. The van der Waals surface area contributed by atoms with Gasteiger partial charge in [0.2, 0.25) is 5.91 Å². The van der Waals surface area contributed by atoms with Gasteiger partial charge < -0.3 is 15.4 Å². The van der Waals surface area contributed by atoms with Gasteiger partial charge in [0.05, 0.1) is 24.9 Å². The van der Waals surface area contributed by atoms with E-state index in [0.717, 1.165) is 6.20 Å². The molecule has 0 spiro atoms. The smallest absolute Gasteiger partial charge is 0.236 e. The topological polar surface area (TPSA) is 87.1 Å². The summed E-state index contributed by atoms with van der Waals surface area (Å²) in [6, 6.07) is 6.14. The predicted octanol–water partition coefficient (Wildman–Crippen LogP) is 3.12. The molecule has 0 radical (unpaired) electrons. The van der Waals surface area contributed by atoms with Gasteiger partial charge in [0.25, 0.3) is 0 Å². The number of nitrogens with zero attached hydrogens (tertiary/aromatic N) is 1. The van der Waals surface area contributed by atoms with E-state index in [1.54, 1.807) is 18.2 Å². The normalized spacial score (nSPS) is 14.6. The first-order valence-electron chi connectivity index (χ1n) is 8.23. The Bertz CT molecular complexity index is 910. The number of amides is 1. The van der Waals surface area contributed by atoms with Crippen molar-refractivity contribution in [3.8, 4) is 5.75 Å². The average molecular weight is 372 g/mol. The Hall–Kier alpha value is -3.29. The van der Waals surface area contributed by atoms with Crippen molar-refractivity contribution in [3.63, 3.8) is 0 Å². The van der Waals surface area contributed by atoms with Gasteiger partial charge in [-0.2, -0.15) is 0 Å². The lowest BCUT2D eigenvalue weighted by Gasteiger charge is -2.16. The molecule has 6 nitrogen and oxygen atoms in total. The van der Waals surface area contributed by atoms with Crippen molar-refractivity contribution in [2.45, 2.75) is 18.3 Å². The van der Waals surface area contributed by atoms with E-state index in [1.807, 2.05) is 0 Å². The van der Waals surface area contributed by atoms with Crippen LogP contribution in [0, 0.1) is 17.0 Å². The zero-order valence-corrected chi connectivity index (χ0v) is 14.6. The standard InChI is InChI=1S/C19H18F2N4O2/c1-27-15-11-23-10-14(21)17(15)24-9-6-16(22)25-18(26)19(7-8-19)12-4-2-3-5-13(12)20/h2-6,9-11H,7-8H2,1H3,(H,23,24)(H2,22,25,26)/b9-6-. The zero-order chi connectivity index (χ0) is 19.4. The summed E-state index contributed by atoms with van der Waals surface area (Å²) in [4.78, 5) is 16.2. The lowest BCUT2D eigenvalue weighted by atomic mass is 9.94. The monoisotopic (exact) mass is 372 g/mol. The molecule has 0 aliphatic heterocycles. The van der Waals surface area contributed by atoms with E-state index in [-0.39, 0.29) is 17.3 Å². The number of aromatic nitrogens is 1. The molecular weight excluding hydrogens is 354 g/mol. The highest BCUT2D eigenvalue weighted by Crippen LogP contribution is 2.49. The average Bonchev–Trinajstić information content (AvgIpc) is 3.45. The van der Waals surface area contributed by atoms with Gasteiger partial charge in [-0.05, 0) is 25.0 Å². The number of nitrogens with one attached hydrogen (secondary N) is 3. The second-order valence-electron chi connectivity index (χ2n) is 6.11. The molecule has 1 fully saturated rings. The quantitative estimate of drug-likeness (QED) is 0.537. The maximum Gasteiger partial charge on any atom is 0.236 e.